The van der Waals surface area contributed by atoms with E-state index in [1.54, 1.807) is 11.3 Å². The van der Waals surface area contributed by atoms with Crippen molar-refractivity contribution in [1.29, 1.82) is 0 Å². The Morgan fingerprint density at radius 3 is 2.63 bits per heavy atom. The Labute approximate surface area is 118 Å². The average Bonchev–Trinajstić information content (AvgIpc) is 2.83. The van der Waals surface area contributed by atoms with Gasteiger partial charge in [-0.1, -0.05) is 6.07 Å². The number of anilines is 1. The molecule has 2 rings (SSSR count). The van der Waals surface area contributed by atoms with Crippen molar-refractivity contribution in [2.75, 3.05) is 25.5 Å². The van der Waals surface area contributed by atoms with Crippen LogP contribution in [0.1, 0.15) is 15.9 Å². The predicted molar refractivity (Wildman–Crippen MR) is 82.2 cm³/mol. The molecule has 1 unspecified atom stereocenters. The van der Waals surface area contributed by atoms with Crippen LogP contribution in [-0.2, 0) is 0 Å². The van der Waals surface area contributed by atoms with E-state index in [0.29, 0.717) is 6.54 Å². The van der Waals surface area contributed by atoms with E-state index >= 15 is 0 Å². The highest BCUT2D eigenvalue weighted by molar-refractivity contribution is 7.12. The van der Waals surface area contributed by atoms with Gasteiger partial charge in [0.25, 0.3) is 0 Å². The number of aryl methyl sites for hydroxylation is 1. The number of hydrogen-bond donors (Lipinski definition) is 1. The SMILES string of the molecule is Cc1ccc(C(CN)Oc2cccc(N(C)C)c2)s1. The molecule has 1 atom stereocenters. The van der Waals surface area contributed by atoms with Gasteiger partial charge in [0.15, 0.2) is 0 Å². The average molecular weight is 276 g/mol. The first-order chi connectivity index (χ1) is 9.10. The van der Waals surface area contributed by atoms with Crippen molar-refractivity contribution in [1.82, 2.24) is 0 Å². The fourth-order valence-corrected chi connectivity index (χ4v) is 2.77. The standard InChI is InChI=1S/C15H20N2OS/c1-11-7-8-15(19-11)14(10-16)18-13-6-4-5-12(9-13)17(2)3/h4-9,14H,10,16H2,1-3H3. The fraction of sp³-hybridized carbons (Fsp3) is 0.333. The second-order valence-electron chi connectivity index (χ2n) is 4.68. The van der Waals surface area contributed by atoms with Gasteiger partial charge in [0.05, 0.1) is 0 Å². The summed E-state index contributed by atoms with van der Waals surface area (Å²) in [5.41, 5.74) is 6.95. The van der Waals surface area contributed by atoms with Gasteiger partial charge < -0.3 is 15.4 Å². The van der Waals surface area contributed by atoms with Gasteiger partial charge in [0, 0.05) is 42.1 Å². The van der Waals surface area contributed by atoms with Crippen molar-refractivity contribution < 1.29 is 4.74 Å². The second-order valence-corrected chi connectivity index (χ2v) is 6.00. The zero-order valence-electron chi connectivity index (χ0n) is 11.6. The van der Waals surface area contributed by atoms with Crippen molar-refractivity contribution in [3.63, 3.8) is 0 Å². The number of rotatable bonds is 5. The van der Waals surface area contributed by atoms with E-state index < -0.39 is 0 Å². The molecule has 2 N–H and O–H groups in total. The Bertz CT molecular complexity index is 536. The van der Waals surface area contributed by atoms with Crippen LogP contribution in [0.5, 0.6) is 5.75 Å². The summed E-state index contributed by atoms with van der Waals surface area (Å²) in [6.45, 7) is 2.57. The Morgan fingerprint density at radius 2 is 2.05 bits per heavy atom. The maximum atomic E-state index is 6.01. The first-order valence-corrected chi connectivity index (χ1v) is 7.12. The van der Waals surface area contributed by atoms with Crippen LogP contribution >= 0.6 is 11.3 Å². The molecule has 0 aliphatic heterocycles. The molecule has 4 heteroatoms. The van der Waals surface area contributed by atoms with Crippen LogP contribution in [0.25, 0.3) is 0 Å². The third-order valence-corrected chi connectivity index (χ3v) is 4.00. The quantitative estimate of drug-likeness (QED) is 0.911. The Hall–Kier alpha value is -1.52. The van der Waals surface area contributed by atoms with Gasteiger partial charge >= 0.3 is 0 Å². The molecular formula is C15H20N2OS. The Balaban J connectivity index is 2.16. The molecule has 2 aromatic rings. The molecule has 1 heterocycles. The molecule has 0 saturated carbocycles. The summed E-state index contributed by atoms with van der Waals surface area (Å²) in [7, 11) is 4.03. The topological polar surface area (TPSA) is 38.5 Å². The molecule has 1 aromatic heterocycles. The minimum absolute atomic E-state index is 0.0730. The summed E-state index contributed by atoms with van der Waals surface area (Å²) in [6, 6.07) is 12.2. The lowest BCUT2D eigenvalue weighted by atomic mass is 10.2. The van der Waals surface area contributed by atoms with Crippen molar-refractivity contribution in [3.05, 3.63) is 46.2 Å². The minimum atomic E-state index is -0.0730. The summed E-state index contributed by atoms with van der Waals surface area (Å²) < 4.78 is 6.01. The summed E-state index contributed by atoms with van der Waals surface area (Å²) in [5, 5.41) is 0. The zero-order valence-corrected chi connectivity index (χ0v) is 12.4. The van der Waals surface area contributed by atoms with Gasteiger partial charge in [-0.15, -0.1) is 11.3 Å². The van der Waals surface area contributed by atoms with Crippen LogP contribution in [0.3, 0.4) is 0 Å². The van der Waals surface area contributed by atoms with Gasteiger partial charge in [-0.05, 0) is 31.2 Å². The van der Waals surface area contributed by atoms with E-state index in [2.05, 4.69) is 30.0 Å². The first kappa shape index (κ1) is 13.9. The highest BCUT2D eigenvalue weighted by Crippen LogP contribution is 2.28. The van der Waals surface area contributed by atoms with Gasteiger partial charge in [0.2, 0.25) is 0 Å². The van der Waals surface area contributed by atoms with Crippen molar-refractivity contribution >= 4 is 17.0 Å². The predicted octanol–water partition coefficient (Wildman–Crippen LogP) is 3.20. The van der Waals surface area contributed by atoms with Crippen LogP contribution in [0, 0.1) is 6.92 Å². The van der Waals surface area contributed by atoms with Crippen molar-refractivity contribution in [2.24, 2.45) is 5.73 Å². The molecule has 3 nitrogen and oxygen atoms in total. The molecule has 102 valence electrons. The van der Waals surface area contributed by atoms with E-state index in [1.165, 1.54) is 9.75 Å². The van der Waals surface area contributed by atoms with Crippen molar-refractivity contribution in [2.45, 2.75) is 13.0 Å². The highest BCUT2D eigenvalue weighted by atomic mass is 32.1. The van der Waals surface area contributed by atoms with E-state index in [1.807, 2.05) is 32.3 Å². The number of benzene rings is 1. The maximum Gasteiger partial charge on any atom is 0.145 e. The molecule has 0 saturated heterocycles. The van der Waals surface area contributed by atoms with Gasteiger partial charge in [-0.2, -0.15) is 0 Å². The first-order valence-electron chi connectivity index (χ1n) is 6.30. The van der Waals surface area contributed by atoms with E-state index in [9.17, 15) is 0 Å². The number of nitrogens with zero attached hydrogens (tertiary/aromatic N) is 1. The molecule has 0 radical (unpaired) electrons. The van der Waals surface area contributed by atoms with E-state index in [-0.39, 0.29) is 6.10 Å². The molecule has 0 amide bonds. The third-order valence-electron chi connectivity index (χ3n) is 2.90. The molecule has 19 heavy (non-hydrogen) atoms. The number of hydrogen-bond acceptors (Lipinski definition) is 4. The lowest BCUT2D eigenvalue weighted by molar-refractivity contribution is 0.218. The van der Waals surface area contributed by atoms with Crippen LogP contribution in [0.15, 0.2) is 36.4 Å². The number of nitrogens with two attached hydrogens (primary N) is 1. The minimum Gasteiger partial charge on any atom is -0.483 e. The zero-order chi connectivity index (χ0) is 13.8. The monoisotopic (exact) mass is 276 g/mol. The van der Waals surface area contributed by atoms with Crippen LogP contribution in [0.4, 0.5) is 5.69 Å². The van der Waals surface area contributed by atoms with Gasteiger partial charge in [0.1, 0.15) is 11.9 Å². The summed E-state index contributed by atoms with van der Waals surface area (Å²) in [6.07, 6.45) is -0.0730. The molecule has 0 fully saturated rings. The van der Waals surface area contributed by atoms with E-state index in [0.717, 1.165) is 11.4 Å². The number of thiophene rings is 1. The summed E-state index contributed by atoms with van der Waals surface area (Å²) >= 11 is 1.73. The highest BCUT2D eigenvalue weighted by Gasteiger charge is 2.13. The molecular weight excluding hydrogens is 256 g/mol. The second kappa shape index (κ2) is 6.08. The third kappa shape index (κ3) is 3.49. The summed E-state index contributed by atoms with van der Waals surface area (Å²) in [4.78, 5) is 4.51. The normalized spacial score (nSPS) is 12.2. The van der Waals surface area contributed by atoms with Gasteiger partial charge in [-0.3, -0.25) is 0 Å². The lowest BCUT2D eigenvalue weighted by Gasteiger charge is -2.18. The maximum absolute atomic E-state index is 6.01. The lowest BCUT2D eigenvalue weighted by Crippen LogP contribution is -2.17. The van der Waals surface area contributed by atoms with Crippen LogP contribution < -0.4 is 15.4 Å². The molecule has 0 aliphatic carbocycles. The van der Waals surface area contributed by atoms with E-state index in [4.69, 9.17) is 10.5 Å². The Kier molecular flexibility index (Phi) is 4.45. The van der Waals surface area contributed by atoms with Crippen LogP contribution in [0.2, 0.25) is 0 Å². The molecule has 0 spiro atoms. The molecule has 1 aromatic carbocycles. The van der Waals surface area contributed by atoms with Crippen molar-refractivity contribution in [3.8, 4) is 5.75 Å². The molecule has 0 bridgehead atoms. The van der Waals surface area contributed by atoms with Crippen LogP contribution in [-0.4, -0.2) is 20.6 Å². The fourth-order valence-electron chi connectivity index (χ4n) is 1.85. The van der Waals surface area contributed by atoms with Gasteiger partial charge in [-0.25, -0.2) is 0 Å². The molecule has 0 aliphatic rings. The largest absolute Gasteiger partial charge is 0.483 e. The Morgan fingerprint density at radius 1 is 1.26 bits per heavy atom. The number of ether oxygens (including phenoxy) is 1. The smallest absolute Gasteiger partial charge is 0.145 e. The summed E-state index contributed by atoms with van der Waals surface area (Å²) in [5.74, 6) is 0.854.